The van der Waals surface area contributed by atoms with E-state index in [2.05, 4.69) is 70.8 Å². The van der Waals surface area contributed by atoms with E-state index in [9.17, 15) is 0 Å². The summed E-state index contributed by atoms with van der Waals surface area (Å²) >= 11 is 0. The number of benzene rings is 2. The quantitative estimate of drug-likeness (QED) is 0.721. The number of anilines is 1. The highest BCUT2D eigenvalue weighted by molar-refractivity contribution is 5.80. The number of rotatable bonds is 3. The van der Waals surface area contributed by atoms with Crippen LogP contribution in [0.3, 0.4) is 0 Å². The van der Waals surface area contributed by atoms with Crippen LogP contribution in [0.4, 0.5) is 5.69 Å². The molecule has 5 nitrogen and oxygen atoms in total. The Bertz CT molecular complexity index is 982. The Balaban J connectivity index is 1.44. The zero-order valence-corrected chi connectivity index (χ0v) is 16.4. The zero-order valence-electron chi connectivity index (χ0n) is 16.4. The summed E-state index contributed by atoms with van der Waals surface area (Å²) in [7, 11) is 2.21. The first-order chi connectivity index (χ1) is 13.7. The van der Waals surface area contributed by atoms with Crippen LogP contribution in [0.5, 0.6) is 5.75 Å². The van der Waals surface area contributed by atoms with Crippen LogP contribution < -0.4 is 15.0 Å². The Morgan fingerprint density at radius 1 is 1.11 bits per heavy atom. The molecule has 144 valence electrons. The van der Waals surface area contributed by atoms with Gasteiger partial charge in [-0.05, 0) is 61.2 Å². The van der Waals surface area contributed by atoms with Crippen molar-refractivity contribution in [3.63, 3.8) is 0 Å². The van der Waals surface area contributed by atoms with Crippen LogP contribution >= 0.6 is 0 Å². The number of fused-ring (bicyclic) bond motifs is 3. The molecule has 1 fully saturated rings. The summed E-state index contributed by atoms with van der Waals surface area (Å²) in [6, 6.07) is 14.4. The predicted octanol–water partition coefficient (Wildman–Crippen LogP) is 4.21. The van der Waals surface area contributed by atoms with Gasteiger partial charge in [-0.1, -0.05) is 12.1 Å². The Kier molecular flexibility index (Phi) is 4.32. The SMILES string of the molecule is C[C@H]1CC(N(C)c2ccc3c(c2)OCc2cc(-c4cn[nH]c4)ccc2-3)CCN1. The third-order valence-corrected chi connectivity index (χ3v) is 6.13. The molecular formula is C23H26N4O. The van der Waals surface area contributed by atoms with Gasteiger partial charge in [0.15, 0.2) is 0 Å². The number of piperidine rings is 1. The lowest BCUT2D eigenvalue weighted by Crippen LogP contribution is -2.45. The van der Waals surface area contributed by atoms with Gasteiger partial charge < -0.3 is 15.0 Å². The molecular weight excluding hydrogens is 348 g/mol. The van der Waals surface area contributed by atoms with E-state index in [4.69, 9.17) is 4.74 Å². The largest absolute Gasteiger partial charge is 0.488 e. The third-order valence-electron chi connectivity index (χ3n) is 6.13. The topological polar surface area (TPSA) is 53.2 Å². The second kappa shape index (κ2) is 6.99. The molecule has 2 N–H and O–H groups in total. The summed E-state index contributed by atoms with van der Waals surface area (Å²) in [4.78, 5) is 2.42. The summed E-state index contributed by atoms with van der Waals surface area (Å²) in [5.41, 5.74) is 7.16. The second-order valence-electron chi connectivity index (χ2n) is 7.97. The molecule has 3 heterocycles. The molecule has 2 aromatic carbocycles. The highest BCUT2D eigenvalue weighted by Gasteiger charge is 2.24. The van der Waals surface area contributed by atoms with E-state index >= 15 is 0 Å². The smallest absolute Gasteiger partial charge is 0.129 e. The van der Waals surface area contributed by atoms with Crippen molar-refractivity contribution in [1.29, 1.82) is 0 Å². The van der Waals surface area contributed by atoms with Gasteiger partial charge in [0.1, 0.15) is 12.4 Å². The molecule has 2 atom stereocenters. The standard InChI is InChI=1S/C23H26N4O/c1-15-9-20(7-8-24-15)27(2)19-4-6-22-21-5-3-16(18-12-25-26-13-18)10-17(21)14-28-23(22)11-19/h3-6,10-13,15,20,24H,7-9,14H2,1-2H3,(H,25,26)/t15-,20?/m0/s1. The molecule has 0 bridgehead atoms. The minimum absolute atomic E-state index is 0.572. The molecule has 0 saturated carbocycles. The number of aromatic nitrogens is 2. The summed E-state index contributed by atoms with van der Waals surface area (Å²) in [5, 5.41) is 10.5. The van der Waals surface area contributed by atoms with Gasteiger partial charge in [-0.25, -0.2) is 0 Å². The molecule has 1 saturated heterocycles. The number of nitrogens with one attached hydrogen (secondary N) is 2. The van der Waals surface area contributed by atoms with Crippen molar-refractivity contribution in [3.8, 4) is 28.0 Å². The molecule has 5 heteroatoms. The van der Waals surface area contributed by atoms with Crippen molar-refractivity contribution in [1.82, 2.24) is 15.5 Å². The van der Waals surface area contributed by atoms with E-state index in [1.54, 1.807) is 0 Å². The Labute approximate surface area is 165 Å². The van der Waals surface area contributed by atoms with E-state index in [0.717, 1.165) is 23.4 Å². The average Bonchev–Trinajstić information content (AvgIpc) is 3.27. The molecule has 2 aliphatic rings. The Morgan fingerprint density at radius 2 is 2.00 bits per heavy atom. The van der Waals surface area contributed by atoms with Crippen molar-refractivity contribution in [2.45, 2.75) is 38.5 Å². The highest BCUT2D eigenvalue weighted by Crippen LogP contribution is 2.41. The average molecular weight is 374 g/mol. The number of hydrogen-bond donors (Lipinski definition) is 2. The van der Waals surface area contributed by atoms with Crippen LogP contribution in [0, 0.1) is 0 Å². The summed E-state index contributed by atoms with van der Waals surface area (Å²) < 4.78 is 6.16. The fraction of sp³-hybridized carbons (Fsp3) is 0.348. The van der Waals surface area contributed by atoms with Gasteiger partial charge in [0.05, 0.1) is 6.20 Å². The van der Waals surface area contributed by atoms with Gasteiger partial charge in [-0.3, -0.25) is 5.10 Å². The number of nitrogens with zero attached hydrogens (tertiary/aromatic N) is 2. The van der Waals surface area contributed by atoms with Crippen molar-refractivity contribution < 1.29 is 4.74 Å². The monoisotopic (exact) mass is 374 g/mol. The zero-order chi connectivity index (χ0) is 19.1. The van der Waals surface area contributed by atoms with Gasteiger partial charge in [-0.2, -0.15) is 5.10 Å². The van der Waals surface area contributed by atoms with Crippen LogP contribution in [0.1, 0.15) is 25.3 Å². The minimum atomic E-state index is 0.572. The maximum Gasteiger partial charge on any atom is 0.129 e. The molecule has 2 aliphatic heterocycles. The summed E-state index contributed by atoms with van der Waals surface area (Å²) in [5.74, 6) is 0.981. The lowest BCUT2D eigenvalue weighted by Gasteiger charge is -2.36. The third kappa shape index (κ3) is 3.06. The van der Waals surface area contributed by atoms with Crippen molar-refractivity contribution >= 4 is 5.69 Å². The van der Waals surface area contributed by atoms with E-state index in [-0.39, 0.29) is 0 Å². The molecule has 0 radical (unpaired) electrons. The Hall–Kier alpha value is -2.79. The lowest BCUT2D eigenvalue weighted by molar-refractivity contribution is 0.302. The number of H-pyrrole nitrogens is 1. The molecule has 1 aromatic heterocycles. The Morgan fingerprint density at radius 3 is 2.82 bits per heavy atom. The first-order valence-corrected chi connectivity index (χ1v) is 10.0. The number of hydrogen-bond acceptors (Lipinski definition) is 4. The van der Waals surface area contributed by atoms with Gasteiger partial charge in [0, 0.05) is 48.2 Å². The molecule has 0 amide bonds. The van der Waals surface area contributed by atoms with Gasteiger partial charge >= 0.3 is 0 Å². The van der Waals surface area contributed by atoms with Crippen LogP contribution in [0.15, 0.2) is 48.8 Å². The van der Waals surface area contributed by atoms with E-state index in [0.29, 0.717) is 18.7 Å². The first-order valence-electron chi connectivity index (χ1n) is 10.0. The van der Waals surface area contributed by atoms with Crippen molar-refractivity contribution in [3.05, 3.63) is 54.4 Å². The van der Waals surface area contributed by atoms with E-state index in [1.165, 1.54) is 35.2 Å². The van der Waals surface area contributed by atoms with E-state index < -0.39 is 0 Å². The molecule has 0 spiro atoms. The van der Waals surface area contributed by atoms with Crippen LogP contribution in [0.25, 0.3) is 22.3 Å². The normalized spacial score (nSPS) is 20.8. The maximum atomic E-state index is 6.16. The minimum Gasteiger partial charge on any atom is -0.488 e. The van der Waals surface area contributed by atoms with Crippen molar-refractivity contribution in [2.75, 3.05) is 18.5 Å². The molecule has 0 aliphatic carbocycles. The van der Waals surface area contributed by atoms with Crippen LogP contribution in [0.2, 0.25) is 0 Å². The highest BCUT2D eigenvalue weighted by atomic mass is 16.5. The maximum absolute atomic E-state index is 6.16. The molecule has 1 unspecified atom stereocenters. The second-order valence-corrected chi connectivity index (χ2v) is 7.97. The lowest BCUT2D eigenvalue weighted by atomic mass is 9.93. The van der Waals surface area contributed by atoms with E-state index in [1.807, 2.05) is 12.4 Å². The van der Waals surface area contributed by atoms with Crippen LogP contribution in [-0.4, -0.2) is 35.9 Å². The fourth-order valence-corrected chi connectivity index (χ4v) is 4.46. The molecule has 3 aromatic rings. The molecule has 28 heavy (non-hydrogen) atoms. The van der Waals surface area contributed by atoms with Gasteiger partial charge in [-0.15, -0.1) is 0 Å². The summed E-state index contributed by atoms with van der Waals surface area (Å²) in [6.45, 7) is 3.96. The predicted molar refractivity (Wildman–Crippen MR) is 113 cm³/mol. The number of ether oxygens (including phenoxy) is 1. The molecule has 5 rings (SSSR count). The number of aromatic amines is 1. The summed E-state index contributed by atoms with van der Waals surface area (Å²) in [6.07, 6.45) is 6.12. The van der Waals surface area contributed by atoms with Gasteiger partial charge in [0.2, 0.25) is 0 Å². The fourth-order valence-electron chi connectivity index (χ4n) is 4.46. The van der Waals surface area contributed by atoms with Crippen molar-refractivity contribution in [2.24, 2.45) is 0 Å². The van der Waals surface area contributed by atoms with Gasteiger partial charge in [0.25, 0.3) is 0 Å². The van der Waals surface area contributed by atoms with Crippen LogP contribution in [-0.2, 0) is 6.61 Å². The first kappa shape index (κ1) is 17.3.